The van der Waals surface area contributed by atoms with Crippen LogP contribution in [0, 0.1) is 5.82 Å². The van der Waals surface area contributed by atoms with Crippen molar-refractivity contribution < 1.29 is 14.0 Å². The van der Waals surface area contributed by atoms with Gasteiger partial charge in [0.05, 0.1) is 0 Å². The molecule has 1 N–H and O–H groups in total. The van der Waals surface area contributed by atoms with Crippen molar-refractivity contribution in [3.05, 3.63) is 107 Å². The number of amides is 2. The van der Waals surface area contributed by atoms with Gasteiger partial charge in [0.2, 0.25) is 11.8 Å². The largest absolute Gasteiger partial charge is 0.354 e. The highest BCUT2D eigenvalue weighted by Crippen LogP contribution is 2.15. The van der Waals surface area contributed by atoms with Gasteiger partial charge in [-0.3, -0.25) is 9.59 Å². The van der Waals surface area contributed by atoms with Crippen molar-refractivity contribution in [2.24, 2.45) is 0 Å². The first-order chi connectivity index (χ1) is 15.0. The Bertz CT molecular complexity index is 975. The van der Waals surface area contributed by atoms with E-state index in [1.807, 2.05) is 60.7 Å². The molecule has 0 heterocycles. The summed E-state index contributed by atoms with van der Waals surface area (Å²) in [5.74, 6) is -0.738. The first-order valence-corrected chi connectivity index (χ1v) is 10.4. The Morgan fingerprint density at radius 1 is 0.839 bits per heavy atom. The van der Waals surface area contributed by atoms with E-state index in [-0.39, 0.29) is 24.2 Å². The maximum Gasteiger partial charge on any atom is 0.243 e. The van der Waals surface area contributed by atoms with Gasteiger partial charge in [0, 0.05) is 26.4 Å². The summed E-state index contributed by atoms with van der Waals surface area (Å²) in [7, 11) is 0. The number of rotatable bonds is 9. The Balaban J connectivity index is 1.76. The predicted molar refractivity (Wildman–Crippen MR) is 120 cm³/mol. The molecule has 0 saturated heterocycles. The van der Waals surface area contributed by atoms with Gasteiger partial charge in [-0.15, -0.1) is 0 Å². The standard InChI is InChI=1S/C26H27FN2O2/c1-20(30)29(19-23-12-14-24(27)15-13-23)25(18-22-10-6-3-7-11-22)26(31)28-17-16-21-8-4-2-5-9-21/h2-15,25H,16-19H2,1H3,(H,28,31). The highest BCUT2D eigenvalue weighted by molar-refractivity contribution is 5.87. The van der Waals surface area contributed by atoms with Crippen molar-refractivity contribution in [2.75, 3.05) is 6.54 Å². The van der Waals surface area contributed by atoms with Crippen LogP contribution in [0.15, 0.2) is 84.9 Å². The summed E-state index contributed by atoms with van der Waals surface area (Å²) < 4.78 is 13.3. The van der Waals surface area contributed by atoms with E-state index in [0.29, 0.717) is 19.4 Å². The lowest BCUT2D eigenvalue weighted by Gasteiger charge is -2.30. The molecule has 0 saturated carbocycles. The second kappa shape index (κ2) is 11.1. The van der Waals surface area contributed by atoms with E-state index in [2.05, 4.69) is 5.32 Å². The van der Waals surface area contributed by atoms with E-state index in [4.69, 9.17) is 0 Å². The normalized spacial score (nSPS) is 11.5. The van der Waals surface area contributed by atoms with Gasteiger partial charge in [-0.2, -0.15) is 0 Å². The van der Waals surface area contributed by atoms with Gasteiger partial charge < -0.3 is 10.2 Å². The summed E-state index contributed by atoms with van der Waals surface area (Å²) in [5, 5.41) is 2.99. The molecule has 0 bridgehead atoms. The maximum absolute atomic E-state index is 13.3. The zero-order valence-corrected chi connectivity index (χ0v) is 17.6. The first kappa shape index (κ1) is 22.2. The van der Waals surface area contributed by atoms with Crippen molar-refractivity contribution in [3.8, 4) is 0 Å². The summed E-state index contributed by atoms with van der Waals surface area (Å²) >= 11 is 0. The summed E-state index contributed by atoms with van der Waals surface area (Å²) in [4.78, 5) is 27.2. The van der Waals surface area contributed by atoms with E-state index in [9.17, 15) is 14.0 Å². The van der Waals surface area contributed by atoms with Crippen molar-refractivity contribution in [2.45, 2.75) is 32.4 Å². The van der Waals surface area contributed by atoms with Gasteiger partial charge >= 0.3 is 0 Å². The van der Waals surface area contributed by atoms with Gasteiger partial charge in [-0.1, -0.05) is 72.8 Å². The van der Waals surface area contributed by atoms with Crippen molar-refractivity contribution >= 4 is 11.8 Å². The zero-order chi connectivity index (χ0) is 22.1. The van der Waals surface area contributed by atoms with Crippen LogP contribution in [0.1, 0.15) is 23.6 Å². The van der Waals surface area contributed by atoms with Crippen molar-refractivity contribution in [1.29, 1.82) is 0 Å². The fraction of sp³-hybridized carbons (Fsp3) is 0.231. The molecule has 3 aromatic rings. The third kappa shape index (κ3) is 6.78. The fourth-order valence-corrected chi connectivity index (χ4v) is 3.50. The van der Waals surface area contributed by atoms with Crippen LogP contribution in [0.4, 0.5) is 4.39 Å². The van der Waals surface area contributed by atoms with Crippen LogP contribution in [-0.2, 0) is 29.0 Å². The highest BCUT2D eigenvalue weighted by atomic mass is 19.1. The number of nitrogens with zero attached hydrogens (tertiary/aromatic N) is 1. The van der Waals surface area contributed by atoms with Gasteiger partial charge in [0.1, 0.15) is 11.9 Å². The molecule has 3 aromatic carbocycles. The Morgan fingerprint density at radius 2 is 1.42 bits per heavy atom. The first-order valence-electron chi connectivity index (χ1n) is 10.4. The lowest BCUT2D eigenvalue weighted by molar-refractivity contribution is -0.139. The third-order valence-corrected chi connectivity index (χ3v) is 5.18. The molecule has 3 rings (SSSR count). The number of carbonyl (C=O) groups excluding carboxylic acids is 2. The molecule has 160 valence electrons. The molecule has 0 radical (unpaired) electrons. The molecule has 0 aromatic heterocycles. The number of hydrogen-bond donors (Lipinski definition) is 1. The number of nitrogens with one attached hydrogen (secondary N) is 1. The SMILES string of the molecule is CC(=O)N(Cc1ccc(F)cc1)C(Cc1ccccc1)C(=O)NCCc1ccccc1. The maximum atomic E-state index is 13.3. The van der Waals surface area contributed by atoms with Gasteiger partial charge in [0.25, 0.3) is 0 Å². The summed E-state index contributed by atoms with van der Waals surface area (Å²) in [5.41, 5.74) is 2.87. The summed E-state index contributed by atoms with van der Waals surface area (Å²) in [6.45, 7) is 2.18. The molecule has 1 atom stereocenters. The topological polar surface area (TPSA) is 49.4 Å². The zero-order valence-electron chi connectivity index (χ0n) is 17.6. The highest BCUT2D eigenvalue weighted by Gasteiger charge is 2.28. The van der Waals surface area contributed by atoms with E-state index < -0.39 is 6.04 Å². The molecule has 0 aliphatic heterocycles. The molecule has 5 heteroatoms. The second-order valence-corrected chi connectivity index (χ2v) is 7.51. The van der Waals surface area contributed by atoms with E-state index in [0.717, 1.165) is 16.7 Å². The molecule has 0 aliphatic carbocycles. The summed E-state index contributed by atoms with van der Waals surface area (Å²) in [6.07, 6.45) is 1.11. The molecular formula is C26H27FN2O2. The molecule has 0 aliphatic rings. The minimum Gasteiger partial charge on any atom is -0.354 e. The molecule has 31 heavy (non-hydrogen) atoms. The van der Waals surface area contributed by atoms with Crippen LogP contribution in [0.5, 0.6) is 0 Å². The van der Waals surface area contributed by atoms with Crippen LogP contribution in [-0.4, -0.2) is 29.3 Å². The Morgan fingerprint density at radius 3 is 2.00 bits per heavy atom. The van der Waals surface area contributed by atoms with Crippen LogP contribution in [0.2, 0.25) is 0 Å². The minimum absolute atomic E-state index is 0.197. The molecule has 1 unspecified atom stereocenters. The van der Waals surface area contributed by atoms with Crippen LogP contribution in [0.25, 0.3) is 0 Å². The molecular weight excluding hydrogens is 391 g/mol. The third-order valence-electron chi connectivity index (χ3n) is 5.18. The average molecular weight is 419 g/mol. The number of carbonyl (C=O) groups is 2. The predicted octanol–water partition coefficient (Wildman–Crippen LogP) is 4.14. The van der Waals surface area contributed by atoms with Crippen LogP contribution < -0.4 is 5.32 Å². The molecule has 2 amide bonds. The van der Waals surface area contributed by atoms with Crippen LogP contribution in [0.3, 0.4) is 0 Å². The summed E-state index contributed by atoms with van der Waals surface area (Å²) in [6, 6.07) is 24.9. The van der Waals surface area contributed by atoms with E-state index in [1.54, 1.807) is 17.0 Å². The molecule has 0 fully saturated rings. The van der Waals surface area contributed by atoms with Gasteiger partial charge in [-0.25, -0.2) is 4.39 Å². The quantitative estimate of drug-likeness (QED) is 0.568. The van der Waals surface area contributed by atoms with Crippen molar-refractivity contribution in [3.63, 3.8) is 0 Å². The van der Waals surface area contributed by atoms with Gasteiger partial charge in [-0.05, 0) is 35.2 Å². The van der Waals surface area contributed by atoms with E-state index >= 15 is 0 Å². The lowest BCUT2D eigenvalue weighted by Crippen LogP contribution is -2.50. The van der Waals surface area contributed by atoms with Crippen LogP contribution >= 0.6 is 0 Å². The molecule has 0 spiro atoms. The Labute approximate surface area is 182 Å². The smallest absolute Gasteiger partial charge is 0.243 e. The fourth-order valence-electron chi connectivity index (χ4n) is 3.50. The lowest BCUT2D eigenvalue weighted by atomic mass is 10.0. The van der Waals surface area contributed by atoms with Gasteiger partial charge in [0.15, 0.2) is 0 Å². The Kier molecular flexibility index (Phi) is 7.93. The Hall–Kier alpha value is -3.47. The number of benzene rings is 3. The minimum atomic E-state index is -0.666. The number of hydrogen-bond acceptors (Lipinski definition) is 2. The monoisotopic (exact) mass is 418 g/mol. The average Bonchev–Trinajstić information content (AvgIpc) is 2.78. The van der Waals surface area contributed by atoms with E-state index in [1.165, 1.54) is 19.1 Å². The molecule has 4 nitrogen and oxygen atoms in total. The van der Waals surface area contributed by atoms with Crippen molar-refractivity contribution in [1.82, 2.24) is 10.2 Å². The second-order valence-electron chi connectivity index (χ2n) is 7.51. The number of halogens is 1.